The number of thioether (sulfide) groups is 1. The van der Waals surface area contributed by atoms with E-state index in [4.69, 9.17) is 5.41 Å². The van der Waals surface area contributed by atoms with Gasteiger partial charge in [0, 0.05) is 20.1 Å². The van der Waals surface area contributed by atoms with E-state index in [1.165, 1.54) is 11.8 Å². The van der Waals surface area contributed by atoms with Crippen molar-refractivity contribution in [1.29, 1.82) is 5.41 Å². The van der Waals surface area contributed by atoms with Crippen LogP contribution in [0.1, 0.15) is 12.8 Å². The van der Waals surface area contributed by atoms with E-state index in [1.54, 1.807) is 11.9 Å². The number of amidine groups is 1. The summed E-state index contributed by atoms with van der Waals surface area (Å²) >= 11 is 1.36. The molecule has 0 aromatic heterocycles. The second-order valence-electron chi connectivity index (χ2n) is 3.45. The third kappa shape index (κ3) is 2.90. The van der Waals surface area contributed by atoms with Gasteiger partial charge in [0.1, 0.15) is 0 Å². The lowest BCUT2D eigenvalue weighted by Gasteiger charge is -2.21. The minimum Gasteiger partial charge on any atom is -0.345 e. The number of amides is 1. The van der Waals surface area contributed by atoms with Gasteiger partial charge in [-0.05, 0) is 19.1 Å². The third-order valence-corrected chi connectivity index (χ3v) is 3.07. The summed E-state index contributed by atoms with van der Waals surface area (Å²) in [6.07, 6.45) is 4.09. The van der Waals surface area contributed by atoms with Crippen LogP contribution in [-0.2, 0) is 4.79 Å². The number of carbonyl (C=O) groups is 1. The quantitative estimate of drug-likeness (QED) is 0.548. The van der Waals surface area contributed by atoms with Gasteiger partial charge >= 0.3 is 0 Å². The fraction of sp³-hybridized carbons (Fsp3) is 0.778. The molecule has 0 unspecified atom stereocenters. The van der Waals surface area contributed by atoms with Gasteiger partial charge in [-0.25, -0.2) is 0 Å². The second kappa shape index (κ2) is 5.24. The minimum atomic E-state index is 0.142. The highest BCUT2D eigenvalue weighted by Gasteiger charge is 2.19. The Bertz CT molecular complexity index is 226. The molecular weight excluding hydrogens is 198 g/mol. The summed E-state index contributed by atoms with van der Waals surface area (Å²) in [4.78, 5) is 15.2. The van der Waals surface area contributed by atoms with E-state index in [2.05, 4.69) is 0 Å². The zero-order chi connectivity index (χ0) is 10.6. The van der Waals surface area contributed by atoms with Gasteiger partial charge in [0.05, 0.1) is 6.54 Å². The van der Waals surface area contributed by atoms with E-state index >= 15 is 0 Å². The molecule has 1 rings (SSSR count). The number of carbonyl (C=O) groups excluding carboxylic acids is 1. The molecule has 1 N–H and O–H groups in total. The molecule has 1 amide bonds. The largest absolute Gasteiger partial charge is 0.345 e. The van der Waals surface area contributed by atoms with Crippen molar-refractivity contribution >= 4 is 22.8 Å². The Morgan fingerprint density at radius 2 is 2.07 bits per heavy atom. The molecule has 4 nitrogen and oxygen atoms in total. The van der Waals surface area contributed by atoms with E-state index in [0.717, 1.165) is 25.9 Å². The summed E-state index contributed by atoms with van der Waals surface area (Å²) in [5.74, 6) is 0.142. The highest BCUT2D eigenvalue weighted by Crippen LogP contribution is 2.08. The fourth-order valence-electron chi connectivity index (χ4n) is 1.50. The number of likely N-dealkylation sites (N-methyl/N-ethyl adjacent to an activating group) is 1. The zero-order valence-electron chi connectivity index (χ0n) is 8.75. The first kappa shape index (κ1) is 11.4. The van der Waals surface area contributed by atoms with Crippen molar-refractivity contribution in [2.45, 2.75) is 12.8 Å². The first-order valence-corrected chi connectivity index (χ1v) is 5.99. The van der Waals surface area contributed by atoms with E-state index in [-0.39, 0.29) is 5.91 Å². The Morgan fingerprint density at radius 1 is 1.50 bits per heavy atom. The average Bonchev–Trinajstić information content (AvgIpc) is 2.69. The maximum Gasteiger partial charge on any atom is 0.242 e. The Morgan fingerprint density at radius 3 is 2.57 bits per heavy atom. The molecular formula is C9H17N3OS. The monoisotopic (exact) mass is 215 g/mol. The van der Waals surface area contributed by atoms with Crippen LogP contribution < -0.4 is 0 Å². The lowest BCUT2D eigenvalue weighted by molar-refractivity contribution is -0.130. The molecule has 1 heterocycles. The van der Waals surface area contributed by atoms with Crippen LogP contribution in [0.15, 0.2) is 0 Å². The highest BCUT2D eigenvalue weighted by molar-refractivity contribution is 8.13. The van der Waals surface area contributed by atoms with Crippen molar-refractivity contribution in [2.24, 2.45) is 0 Å². The SMILES string of the molecule is CSC(=N)N(C)CC(=O)N1CCCC1. The summed E-state index contributed by atoms with van der Waals surface area (Å²) in [5, 5.41) is 7.97. The predicted molar refractivity (Wildman–Crippen MR) is 59.7 cm³/mol. The molecule has 0 aromatic rings. The Balaban J connectivity index is 2.35. The standard InChI is InChI=1S/C9H17N3OS/c1-11(9(10)14-2)7-8(13)12-5-3-4-6-12/h10H,3-7H2,1-2H3. The van der Waals surface area contributed by atoms with Gasteiger partial charge in [-0.15, -0.1) is 0 Å². The average molecular weight is 215 g/mol. The predicted octanol–water partition coefficient (Wildman–Crippen LogP) is 0.838. The topological polar surface area (TPSA) is 47.4 Å². The van der Waals surface area contributed by atoms with Crippen LogP contribution in [0.2, 0.25) is 0 Å². The molecule has 0 bridgehead atoms. The molecule has 80 valence electrons. The fourth-order valence-corrected chi connectivity index (χ4v) is 1.87. The number of nitrogens with zero attached hydrogens (tertiary/aromatic N) is 2. The molecule has 5 heteroatoms. The first-order chi connectivity index (χ1) is 6.65. The Labute approximate surface area is 89.1 Å². The highest BCUT2D eigenvalue weighted by atomic mass is 32.2. The van der Waals surface area contributed by atoms with E-state index in [9.17, 15) is 4.79 Å². The van der Waals surface area contributed by atoms with E-state index in [1.807, 2.05) is 11.2 Å². The Kier molecular flexibility index (Phi) is 4.25. The van der Waals surface area contributed by atoms with Gasteiger partial charge in [-0.3, -0.25) is 10.2 Å². The first-order valence-electron chi connectivity index (χ1n) is 4.76. The van der Waals surface area contributed by atoms with Crippen LogP contribution >= 0.6 is 11.8 Å². The number of hydrogen-bond donors (Lipinski definition) is 1. The molecule has 14 heavy (non-hydrogen) atoms. The van der Waals surface area contributed by atoms with Crippen molar-refractivity contribution < 1.29 is 4.79 Å². The normalized spacial score (nSPS) is 15.7. The summed E-state index contributed by atoms with van der Waals surface area (Å²) in [7, 11) is 1.78. The smallest absolute Gasteiger partial charge is 0.242 e. The van der Waals surface area contributed by atoms with Crippen LogP contribution in [0.5, 0.6) is 0 Å². The van der Waals surface area contributed by atoms with Crippen molar-refractivity contribution in [1.82, 2.24) is 9.80 Å². The lowest BCUT2D eigenvalue weighted by atomic mass is 10.4. The van der Waals surface area contributed by atoms with E-state index < -0.39 is 0 Å². The molecule has 1 aliphatic rings. The molecule has 0 spiro atoms. The van der Waals surface area contributed by atoms with Crippen molar-refractivity contribution in [3.8, 4) is 0 Å². The van der Waals surface area contributed by atoms with Gasteiger partial charge in [-0.2, -0.15) is 0 Å². The number of hydrogen-bond acceptors (Lipinski definition) is 3. The van der Waals surface area contributed by atoms with Gasteiger partial charge in [0.25, 0.3) is 0 Å². The van der Waals surface area contributed by atoms with Crippen LogP contribution in [-0.4, -0.2) is 53.8 Å². The van der Waals surface area contributed by atoms with Crippen LogP contribution in [0.4, 0.5) is 0 Å². The molecule has 1 fully saturated rings. The van der Waals surface area contributed by atoms with Gasteiger partial charge < -0.3 is 9.80 Å². The summed E-state index contributed by atoms with van der Waals surface area (Å²) in [5.41, 5.74) is 0. The zero-order valence-corrected chi connectivity index (χ0v) is 9.56. The van der Waals surface area contributed by atoms with Gasteiger partial charge in [0.15, 0.2) is 5.17 Å². The van der Waals surface area contributed by atoms with Gasteiger partial charge in [-0.1, -0.05) is 11.8 Å². The van der Waals surface area contributed by atoms with Crippen molar-refractivity contribution in [2.75, 3.05) is 32.9 Å². The molecule has 1 saturated heterocycles. The molecule has 1 aliphatic heterocycles. The van der Waals surface area contributed by atoms with E-state index in [0.29, 0.717) is 11.7 Å². The van der Waals surface area contributed by atoms with Crippen LogP contribution in [0, 0.1) is 5.41 Å². The lowest BCUT2D eigenvalue weighted by Crippen LogP contribution is -2.38. The number of likely N-dealkylation sites (tertiary alicyclic amines) is 1. The minimum absolute atomic E-state index is 0.142. The summed E-state index contributed by atoms with van der Waals surface area (Å²) in [6, 6.07) is 0. The van der Waals surface area contributed by atoms with Crippen LogP contribution in [0.25, 0.3) is 0 Å². The Hall–Kier alpha value is -0.710. The van der Waals surface area contributed by atoms with Crippen molar-refractivity contribution in [3.05, 3.63) is 0 Å². The molecule has 0 aromatic carbocycles. The summed E-state index contributed by atoms with van der Waals surface area (Å²) < 4.78 is 0. The molecule has 0 radical (unpaired) electrons. The van der Waals surface area contributed by atoms with Gasteiger partial charge in [0.2, 0.25) is 5.91 Å². The maximum absolute atomic E-state index is 11.7. The number of nitrogens with one attached hydrogen (secondary N) is 1. The molecule has 0 saturated carbocycles. The number of rotatable bonds is 2. The second-order valence-corrected chi connectivity index (χ2v) is 4.25. The molecule has 0 atom stereocenters. The maximum atomic E-state index is 11.7. The van der Waals surface area contributed by atoms with Crippen molar-refractivity contribution in [3.63, 3.8) is 0 Å². The van der Waals surface area contributed by atoms with Crippen LogP contribution in [0.3, 0.4) is 0 Å². The third-order valence-electron chi connectivity index (χ3n) is 2.37. The molecule has 0 aliphatic carbocycles. The summed E-state index contributed by atoms with van der Waals surface area (Å²) in [6.45, 7) is 2.11.